The average Bonchev–Trinajstić information content (AvgIpc) is 2.56. The second-order valence-corrected chi connectivity index (χ2v) is 7.44. The molecule has 0 aliphatic carbocycles. The van der Waals surface area contributed by atoms with Crippen LogP contribution in [-0.2, 0) is 16.4 Å². The number of benzene rings is 2. The normalized spacial score (nSPS) is 11.7. The van der Waals surface area contributed by atoms with Crippen LogP contribution in [0.1, 0.15) is 11.1 Å². The van der Waals surface area contributed by atoms with Crippen molar-refractivity contribution in [1.82, 2.24) is 14.7 Å². The Hall–Kier alpha value is -2.71. The number of H-pyrrole nitrogens is 2. The van der Waals surface area contributed by atoms with Gasteiger partial charge in [-0.1, -0.05) is 30.3 Å². The third-order valence-corrected chi connectivity index (χ3v) is 5.46. The van der Waals surface area contributed by atoms with Gasteiger partial charge in [0.1, 0.15) is 0 Å². The van der Waals surface area contributed by atoms with Crippen LogP contribution in [0.15, 0.2) is 56.9 Å². The van der Waals surface area contributed by atoms with Gasteiger partial charge in [0, 0.05) is 6.54 Å². The molecule has 0 saturated carbocycles. The Labute approximate surface area is 143 Å². The van der Waals surface area contributed by atoms with E-state index in [1.807, 2.05) is 30.3 Å². The summed E-state index contributed by atoms with van der Waals surface area (Å²) >= 11 is 0. The van der Waals surface area contributed by atoms with Crippen LogP contribution >= 0.6 is 0 Å². The van der Waals surface area contributed by atoms with Crippen LogP contribution in [0, 0.1) is 6.92 Å². The molecule has 3 N–H and O–H groups in total. The van der Waals surface area contributed by atoms with Crippen LogP contribution in [0.4, 0.5) is 0 Å². The summed E-state index contributed by atoms with van der Waals surface area (Å²) in [5, 5.41) is 0. The fourth-order valence-electron chi connectivity index (χ4n) is 2.59. The van der Waals surface area contributed by atoms with Gasteiger partial charge in [-0.3, -0.25) is 9.59 Å². The van der Waals surface area contributed by atoms with Crippen molar-refractivity contribution in [2.45, 2.75) is 18.2 Å². The van der Waals surface area contributed by atoms with Crippen molar-refractivity contribution in [2.24, 2.45) is 0 Å². The van der Waals surface area contributed by atoms with Gasteiger partial charge >= 0.3 is 11.1 Å². The summed E-state index contributed by atoms with van der Waals surface area (Å²) in [6.07, 6.45) is 0.566. The summed E-state index contributed by atoms with van der Waals surface area (Å²) in [5.41, 5.74) is 0.550. The Kier molecular flexibility index (Phi) is 4.56. The topological polar surface area (TPSA) is 112 Å². The van der Waals surface area contributed by atoms with E-state index in [9.17, 15) is 18.0 Å². The minimum atomic E-state index is -3.74. The van der Waals surface area contributed by atoms with Crippen molar-refractivity contribution in [3.05, 3.63) is 74.3 Å². The van der Waals surface area contributed by atoms with E-state index in [1.54, 1.807) is 6.92 Å². The summed E-state index contributed by atoms with van der Waals surface area (Å²) in [7, 11) is -3.74. The number of hydrogen-bond acceptors (Lipinski definition) is 4. The summed E-state index contributed by atoms with van der Waals surface area (Å²) < 4.78 is 27.7. The number of aromatic amines is 2. The van der Waals surface area contributed by atoms with Crippen LogP contribution in [0.3, 0.4) is 0 Å². The molecular weight excluding hydrogens is 342 g/mol. The van der Waals surface area contributed by atoms with Crippen LogP contribution in [-0.4, -0.2) is 24.9 Å². The minimum absolute atomic E-state index is 0.0655. The van der Waals surface area contributed by atoms with Crippen LogP contribution in [0.25, 0.3) is 11.0 Å². The average molecular weight is 359 g/mol. The molecule has 0 spiro atoms. The first-order valence-corrected chi connectivity index (χ1v) is 9.16. The van der Waals surface area contributed by atoms with Crippen molar-refractivity contribution in [3.8, 4) is 0 Å². The number of aromatic nitrogens is 2. The smallest absolute Gasteiger partial charge is 0.314 e. The molecule has 0 fully saturated rings. The Bertz CT molecular complexity index is 1130. The molecule has 0 saturated heterocycles. The molecule has 3 aromatic rings. The summed E-state index contributed by atoms with van der Waals surface area (Å²) in [5.74, 6) is 0. The van der Waals surface area contributed by atoms with Gasteiger partial charge in [-0.2, -0.15) is 0 Å². The predicted molar refractivity (Wildman–Crippen MR) is 95.3 cm³/mol. The monoisotopic (exact) mass is 359 g/mol. The maximum atomic E-state index is 12.6. The highest BCUT2D eigenvalue weighted by Gasteiger charge is 2.18. The number of rotatable bonds is 5. The van der Waals surface area contributed by atoms with E-state index in [2.05, 4.69) is 14.7 Å². The largest absolute Gasteiger partial charge is 0.316 e. The molecule has 8 heteroatoms. The Morgan fingerprint density at radius 1 is 0.960 bits per heavy atom. The molecule has 2 aromatic carbocycles. The number of sulfonamides is 1. The van der Waals surface area contributed by atoms with Gasteiger partial charge in [-0.05, 0) is 36.6 Å². The molecule has 0 unspecified atom stereocenters. The van der Waals surface area contributed by atoms with Crippen LogP contribution < -0.4 is 15.8 Å². The molecule has 0 aliphatic rings. The second kappa shape index (κ2) is 6.66. The van der Waals surface area contributed by atoms with Gasteiger partial charge < -0.3 is 9.97 Å². The van der Waals surface area contributed by atoms with Gasteiger partial charge in [-0.25, -0.2) is 13.1 Å². The van der Waals surface area contributed by atoms with Crippen LogP contribution in [0.5, 0.6) is 0 Å². The molecule has 0 amide bonds. The van der Waals surface area contributed by atoms with E-state index in [4.69, 9.17) is 0 Å². The highest BCUT2D eigenvalue weighted by atomic mass is 32.2. The number of aryl methyl sites for hydroxylation is 1. The van der Waals surface area contributed by atoms with Crippen molar-refractivity contribution in [2.75, 3.05) is 6.54 Å². The number of fused-ring (bicyclic) bond motifs is 1. The maximum absolute atomic E-state index is 12.6. The van der Waals surface area contributed by atoms with Gasteiger partial charge in [0.2, 0.25) is 10.0 Å². The molecule has 3 rings (SSSR count). The maximum Gasteiger partial charge on any atom is 0.314 e. The molecule has 0 radical (unpaired) electrons. The quantitative estimate of drug-likeness (QED) is 0.591. The fourth-order valence-corrected chi connectivity index (χ4v) is 3.88. The lowest BCUT2D eigenvalue weighted by molar-refractivity contribution is 0.581. The Morgan fingerprint density at radius 2 is 1.56 bits per heavy atom. The van der Waals surface area contributed by atoms with Crippen molar-refractivity contribution in [3.63, 3.8) is 0 Å². The molecule has 1 heterocycles. The zero-order valence-corrected chi connectivity index (χ0v) is 14.3. The zero-order chi connectivity index (χ0) is 18.0. The molecule has 0 aliphatic heterocycles. The molecular formula is C17H17N3O4S. The molecule has 0 atom stereocenters. The van der Waals surface area contributed by atoms with E-state index in [0.717, 1.165) is 5.56 Å². The summed E-state index contributed by atoms with van der Waals surface area (Å²) in [6.45, 7) is 1.89. The van der Waals surface area contributed by atoms with E-state index in [0.29, 0.717) is 17.5 Å². The minimum Gasteiger partial charge on any atom is -0.316 e. The Balaban J connectivity index is 1.88. The molecule has 1 aromatic heterocycles. The first-order valence-electron chi connectivity index (χ1n) is 7.67. The summed E-state index contributed by atoms with van der Waals surface area (Å²) in [4.78, 5) is 27.7. The molecule has 7 nitrogen and oxygen atoms in total. The van der Waals surface area contributed by atoms with Crippen molar-refractivity contribution < 1.29 is 8.42 Å². The lowest BCUT2D eigenvalue weighted by atomic mass is 10.2. The summed E-state index contributed by atoms with van der Waals surface area (Å²) in [6, 6.07) is 12.4. The van der Waals surface area contributed by atoms with E-state index in [-0.39, 0.29) is 17.0 Å². The highest BCUT2D eigenvalue weighted by Crippen LogP contribution is 2.19. The molecule has 130 valence electrons. The standard InChI is InChI=1S/C17H17N3O4S/c1-11-9-13-14(20-17(22)16(21)19-13)10-15(11)25(23,24)18-8-7-12-5-3-2-4-6-12/h2-6,9-10,18H,7-8H2,1H3,(H,19,21)(H,20,22). The number of nitrogens with one attached hydrogen (secondary N) is 3. The van der Waals surface area contributed by atoms with Crippen LogP contribution in [0.2, 0.25) is 0 Å². The van der Waals surface area contributed by atoms with E-state index < -0.39 is 21.1 Å². The zero-order valence-electron chi connectivity index (χ0n) is 13.5. The van der Waals surface area contributed by atoms with Gasteiger partial charge in [-0.15, -0.1) is 0 Å². The third kappa shape index (κ3) is 3.70. The fraction of sp³-hybridized carbons (Fsp3) is 0.176. The van der Waals surface area contributed by atoms with Gasteiger partial charge in [0.05, 0.1) is 15.9 Å². The third-order valence-electron chi connectivity index (χ3n) is 3.86. The predicted octanol–water partition coefficient (Wildman–Crippen LogP) is 1.05. The molecule has 25 heavy (non-hydrogen) atoms. The van der Waals surface area contributed by atoms with E-state index in [1.165, 1.54) is 12.1 Å². The lowest BCUT2D eigenvalue weighted by Crippen LogP contribution is -2.30. The SMILES string of the molecule is Cc1cc2[nH]c(=O)c(=O)[nH]c2cc1S(=O)(=O)NCCc1ccccc1. The number of hydrogen-bond donors (Lipinski definition) is 3. The Morgan fingerprint density at radius 3 is 2.20 bits per heavy atom. The highest BCUT2D eigenvalue weighted by molar-refractivity contribution is 7.89. The van der Waals surface area contributed by atoms with Crippen molar-refractivity contribution >= 4 is 21.1 Å². The van der Waals surface area contributed by atoms with Gasteiger partial charge in [0.15, 0.2) is 0 Å². The first-order chi connectivity index (χ1) is 11.9. The first kappa shape index (κ1) is 17.1. The second-order valence-electron chi connectivity index (χ2n) is 5.70. The molecule has 0 bridgehead atoms. The lowest BCUT2D eigenvalue weighted by Gasteiger charge is -2.10. The van der Waals surface area contributed by atoms with Gasteiger partial charge in [0.25, 0.3) is 0 Å². The van der Waals surface area contributed by atoms with E-state index >= 15 is 0 Å². The van der Waals surface area contributed by atoms with Crippen molar-refractivity contribution in [1.29, 1.82) is 0 Å².